The monoisotopic (exact) mass is 325 g/mol. The number of rotatable bonds is 4. The summed E-state index contributed by atoms with van der Waals surface area (Å²) in [7, 11) is 3.07. The second-order valence-electron chi connectivity index (χ2n) is 4.95. The van der Waals surface area contributed by atoms with E-state index in [0.717, 1.165) is 4.68 Å². The Kier molecular flexibility index (Phi) is 4.15. The van der Waals surface area contributed by atoms with E-state index in [-0.39, 0.29) is 0 Å². The molecule has 1 heterocycles. The number of fused-ring (bicyclic) bond motifs is 1. The first-order chi connectivity index (χ1) is 11.6. The molecule has 7 heteroatoms. The predicted octanol–water partition coefficient (Wildman–Crippen LogP) is 1.59. The highest BCUT2D eigenvalue weighted by molar-refractivity contribution is 5.81. The van der Waals surface area contributed by atoms with E-state index in [1.54, 1.807) is 49.6 Å². The number of ether oxygens (including phenoxy) is 2. The SMILES string of the molecule is COc1ccc(C=Nn2c(=O)[nH]c3ccccc3c2=O)cc1OC. The van der Waals surface area contributed by atoms with Gasteiger partial charge in [-0.25, -0.2) is 4.79 Å². The van der Waals surface area contributed by atoms with Crippen molar-refractivity contribution in [2.24, 2.45) is 5.10 Å². The van der Waals surface area contributed by atoms with Gasteiger partial charge in [-0.05, 0) is 35.9 Å². The summed E-state index contributed by atoms with van der Waals surface area (Å²) in [5.41, 5.74) is 0.0543. The molecule has 1 N–H and O–H groups in total. The number of hydrogen-bond acceptors (Lipinski definition) is 5. The lowest BCUT2D eigenvalue weighted by Crippen LogP contribution is -2.32. The van der Waals surface area contributed by atoms with Gasteiger partial charge in [-0.15, -0.1) is 4.68 Å². The molecule has 0 saturated carbocycles. The van der Waals surface area contributed by atoms with Crippen LogP contribution in [-0.4, -0.2) is 30.1 Å². The van der Waals surface area contributed by atoms with Crippen molar-refractivity contribution in [3.05, 3.63) is 68.9 Å². The number of para-hydroxylation sites is 1. The number of nitrogens with zero attached hydrogens (tertiary/aromatic N) is 2. The summed E-state index contributed by atoms with van der Waals surface area (Å²) >= 11 is 0. The Morgan fingerprint density at radius 2 is 1.79 bits per heavy atom. The van der Waals surface area contributed by atoms with E-state index in [0.29, 0.717) is 28.0 Å². The van der Waals surface area contributed by atoms with Crippen molar-refractivity contribution in [1.29, 1.82) is 0 Å². The van der Waals surface area contributed by atoms with Gasteiger partial charge in [0.1, 0.15) is 0 Å². The van der Waals surface area contributed by atoms with Gasteiger partial charge in [-0.2, -0.15) is 5.10 Å². The van der Waals surface area contributed by atoms with Gasteiger partial charge >= 0.3 is 5.69 Å². The Bertz CT molecular complexity index is 1030. The van der Waals surface area contributed by atoms with Gasteiger partial charge in [0.05, 0.1) is 31.3 Å². The topological polar surface area (TPSA) is 85.7 Å². The summed E-state index contributed by atoms with van der Waals surface area (Å²) in [5, 5.41) is 4.39. The van der Waals surface area contributed by atoms with Gasteiger partial charge in [0.25, 0.3) is 5.56 Å². The molecule has 7 nitrogen and oxygen atoms in total. The van der Waals surface area contributed by atoms with Crippen molar-refractivity contribution in [3.8, 4) is 11.5 Å². The maximum absolute atomic E-state index is 12.4. The molecule has 0 bridgehead atoms. The molecule has 3 rings (SSSR count). The number of aromatic amines is 1. The Balaban J connectivity index is 2.05. The molecule has 2 aromatic carbocycles. The van der Waals surface area contributed by atoms with Gasteiger partial charge in [-0.1, -0.05) is 12.1 Å². The average Bonchev–Trinajstić information content (AvgIpc) is 2.61. The van der Waals surface area contributed by atoms with Crippen molar-refractivity contribution in [1.82, 2.24) is 9.66 Å². The third-order valence-electron chi connectivity index (χ3n) is 3.51. The first kappa shape index (κ1) is 15.5. The van der Waals surface area contributed by atoms with Crippen LogP contribution in [0.3, 0.4) is 0 Å². The van der Waals surface area contributed by atoms with Crippen molar-refractivity contribution in [2.75, 3.05) is 14.2 Å². The number of nitrogens with one attached hydrogen (secondary N) is 1. The van der Waals surface area contributed by atoms with Crippen LogP contribution in [0.25, 0.3) is 10.9 Å². The minimum atomic E-state index is -0.601. The molecule has 3 aromatic rings. The highest BCUT2D eigenvalue weighted by Crippen LogP contribution is 2.26. The predicted molar refractivity (Wildman–Crippen MR) is 91.4 cm³/mol. The summed E-state index contributed by atoms with van der Waals surface area (Å²) in [4.78, 5) is 27.1. The van der Waals surface area contributed by atoms with Crippen LogP contribution in [0.15, 0.2) is 57.2 Å². The Hall–Kier alpha value is -3.35. The van der Waals surface area contributed by atoms with Crippen LogP contribution in [0.2, 0.25) is 0 Å². The smallest absolute Gasteiger partial charge is 0.349 e. The fraction of sp³-hybridized carbons (Fsp3) is 0.118. The summed E-state index contributed by atoms with van der Waals surface area (Å²) in [6.07, 6.45) is 1.41. The molecule has 0 aliphatic carbocycles. The molecule has 0 fully saturated rings. The Morgan fingerprint density at radius 1 is 1.04 bits per heavy atom. The van der Waals surface area contributed by atoms with E-state index in [2.05, 4.69) is 10.1 Å². The second kappa shape index (κ2) is 6.41. The zero-order valence-electron chi connectivity index (χ0n) is 13.1. The number of hydrogen-bond donors (Lipinski definition) is 1. The van der Waals surface area contributed by atoms with Crippen molar-refractivity contribution < 1.29 is 9.47 Å². The van der Waals surface area contributed by atoms with Crippen LogP contribution in [0, 0.1) is 0 Å². The molecule has 0 radical (unpaired) electrons. The minimum Gasteiger partial charge on any atom is -0.493 e. The molecule has 0 aliphatic rings. The maximum atomic E-state index is 12.4. The van der Waals surface area contributed by atoms with E-state index < -0.39 is 11.2 Å². The van der Waals surface area contributed by atoms with E-state index in [1.807, 2.05) is 0 Å². The largest absolute Gasteiger partial charge is 0.493 e. The second-order valence-corrected chi connectivity index (χ2v) is 4.95. The van der Waals surface area contributed by atoms with Crippen LogP contribution in [-0.2, 0) is 0 Å². The molecular weight excluding hydrogens is 310 g/mol. The lowest BCUT2D eigenvalue weighted by molar-refractivity contribution is 0.355. The average molecular weight is 325 g/mol. The first-order valence-corrected chi connectivity index (χ1v) is 7.14. The zero-order chi connectivity index (χ0) is 17.1. The fourth-order valence-electron chi connectivity index (χ4n) is 2.32. The van der Waals surface area contributed by atoms with Crippen molar-refractivity contribution >= 4 is 17.1 Å². The van der Waals surface area contributed by atoms with Crippen molar-refractivity contribution in [3.63, 3.8) is 0 Å². The van der Waals surface area contributed by atoms with E-state index >= 15 is 0 Å². The van der Waals surface area contributed by atoms with Gasteiger partial charge in [-0.3, -0.25) is 4.79 Å². The Labute approximate surface area is 136 Å². The van der Waals surface area contributed by atoms with Gasteiger partial charge < -0.3 is 14.5 Å². The van der Waals surface area contributed by atoms with Crippen LogP contribution in [0.5, 0.6) is 11.5 Å². The zero-order valence-corrected chi connectivity index (χ0v) is 13.1. The summed E-state index contributed by atoms with van der Waals surface area (Å²) in [5.74, 6) is 1.11. The minimum absolute atomic E-state index is 0.390. The molecular formula is C17H15N3O4. The molecule has 0 saturated heterocycles. The number of benzene rings is 2. The van der Waals surface area contributed by atoms with Gasteiger partial charge in [0.15, 0.2) is 11.5 Å². The summed E-state index contributed by atoms with van der Waals surface area (Å²) in [6, 6.07) is 11.9. The first-order valence-electron chi connectivity index (χ1n) is 7.14. The molecule has 0 aliphatic heterocycles. The van der Waals surface area contributed by atoms with Crippen LogP contribution >= 0.6 is 0 Å². The van der Waals surface area contributed by atoms with Crippen LogP contribution < -0.4 is 20.7 Å². The summed E-state index contributed by atoms with van der Waals surface area (Å²) < 4.78 is 11.2. The number of methoxy groups -OCH3 is 2. The lowest BCUT2D eigenvalue weighted by Gasteiger charge is -2.07. The lowest BCUT2D eigenvalue weighted by atomic mass is 10.2. The van der Waals surface area contributed by atoms with Crippen LogP contribution in [0.1, 0.15) is 5.56 Å². The summed E-state index contributed by atoms with van der Waals surface area (Å²) in [6.45, 7) is 0. The normalized spacial score (nSPS) is 11.1. The third-order valence-corrected chi connectivity index (χ3v) is 3.51. The maximum Gasteiger partial charge on any atom is 0.349 e. The fourth-order valence-corrected chi connectivity index (χ4v) is 2.32. The Morgan fingerprint density at radius 3 is 2.54 bits per heavy atom. The highest BCUT2D eigenvalue weighted by atomic mass is 16.5. The molecule has 0 unspecified atom stereocenters. The van der Waals surface area contributed by atoms with Crippen molar-refractivity contribution in [2.45, 2.75) is 0 Å². The van der Waals surface area contributed by atoms with Gasteiger partial charge in [0.2, 0.25) is 0 Å². The van der Waals surface area contributed by atoms with E-state index in [4.69, 9.17) is 9.47 Å². The van der Waals surface area contributed by atoms with Crippen LogP contribution in [0.4, 0.5) is 0 Å². The van der Waals surface area contributed by atoms with E-state index in [9.17, 15) is 9.59 Å². The molecule has 0 amide bonds. The molecule has 0 atom stereocenters. The number of H-pyrrole nitrogens is 1. The molecule has 122 valence electrons. The standard InChI is InChI=1S/C17H15N3O4/c1-23-14-8-7-11(9-15(14)24-2)10-18-20-16(21)12-5-3-4-6-13(12)19-17(20)22/h3-10H,1-2H3,(H,19,22). The van der Waals surface area contributed by atoms with Gasteiger partial charge in [0, 0.05) is 0 Å². The van der Waals surface area contributed by atoms with E-state index in [1.165, 1.54) is 13.3 Å². The number of aromatic nitrogens is 2. The highest BCUT2D eigenvalue weighted by Gasteiger charge is 2.06. The third kappa shape index (κ3) is 2.79. The quantitative estimate of drug-likeness (QED) is 0.738. The molecule has 0 spiro atoms. The molecule has 1 aromatic heterocycles. The molecule has 24 heavy (non-hydrogen) atoms.